The van der Waals surface area contributed by atoms with Gasteiger partial charge in [-0.3, -0.25) is 14.6 Å². The largest absolute Gasteiger partial charge is 0.464 e. The molecular weight excluding hydrogens is 506 g/mol. The molecule has 1 aromatic carbocycles. The van der Waals surface area contributed by atoms with Crippen LogP contribution in [0.25, 0.3) is 0 Å². The van der Waals surface area contributed by atoms with E-state index in [9.17, 15) is 23.2 Å². The number of amides is 1. The van der Waals surface area contributed by atoms with Crippen molar-refractivity contribution in [3.05, 3.63) is 128 Å². The lowest BCUT2D eigenvalue weighted by molar-refractivity contribution is 0.0593. The highest BCUT2D eigenvalue weighted by Gasteiger charge is 2.26. The number of esters is 1. The number of nitrogens with one attached hydrogen (secondary N) is 1. The van der Waals surface area contributed by atoms with Crippen LogP contribution >= 0.6 is 0 Å². The molecule has 0 radical (unpaired) electrons. The molecule has 0 spiro atoms. The maximum Gasteiger partial charge on any atom is 0.356 e. The van der Waals surface area contributed by atoms with Crippen LogP contribution in [0.3, 0.4) is 0 Å². The molecule has 1 amide bonds. The first-order chi connectivity index (χ1) is 18.8. The number of aromatic nitrogens is 3. The number of hydrogen-bond donors (Lipinski definition) is 1. The average molecular weight is 531 g/mol. The molecule has 39 heavy (non-hydrogen) atoms. The van der Waals surface area contributed by atoms with Crippen molar-refractivity contribution in [3.63, 3.8) is 0 Å². The molecule has 8 nitrogen and oxygen atoms in total. The van der Waals surface area contributed by atoms with Gasteiger partial charge in [-0.1, -0.05) is 12.1 Å². The smallest absolute Gasteiger partial charge is 0.356 e. The Morgan fingerprint density at radius 1 is 1.10 bits per heavy atom. The average Bonchev–Trinajstić information content (AvgIpc) is 3.38. The van der Waals surface area contributed by atoms with Gasteiger partial charge in [0.05, 0.1) is 25.9 Å². The second-order valence-corrected chi connectivity index (χ2v) is 9.19. The zero-order valence-electron chi connectivity index (χ0n) is 21.0. The third kappa shape index (κ3) is 5.45. The molecule has 0 bridgehead atoms. The normalized spacial score (nSPS) is 14.1. The Labute approximate surface area is 222 Å². The lowest BCUT2D eigenvalue weighted by Crippen LogP contribution is -2.33. The summed E-state index contributed by atoms with van der Waals surface area (Å²) in [5, 5.41) is 2.70. The fourth-order valence-corrected chi connectivity index (χ4v) is 4.81. The number of halogens is 2. The van der Waals surface area contributed by atoms with E-state index in [0.717, 1.165) is 41.8 Å². The van der Waals surface area contributed by atoms with Gasteiger partial charge >= 0.3 is 5.97 Å². The lowest BCUT2D eigenvalue weighted by atomic mass is 9.93. The van der Waals surface area contributed by atoms with Crippen molar-refractivity contribution in [3.8, 4) is 0 Å². The van der Waals surface area contributed by atoms with Gasteiger partial charge in [0.2, 0.25) is 0 Å². The standard InChI is InChI=1S/C29H24F2N4O4/c1-39-29(38)26-14-18(20-7-9-25-21(20)4-2-10-32-25)13-19(34-26)15-33-27(36)22-5-3-11-35(28(22)37)16-17-6-8-23(30)24(31)12-17/h2-6,8,10-14,20H,7,9,15-16H2,1H3,(H,33,36). The maximum absolute atomic E-state index is 13.6. The van der Waals surface area contributed by atoms with Crippen LogP contribution in [-0.4, -0.2) is 33.5 Å². The van der Waals surface area contributed by atoms with Crippen molar-refractivity contribution >= 4 is 11.9 Å². The van der Waals surface area contributed by atoms with E-state index < -0.39 is 29.1 Å². The molecule has 1 aliphatic carbocycles. The molecule has 1 N–H and O–H groups in total. The van der Waals surface area contributed by atoms with Crippen molar-refractivity contribution in [2.24, 2.45) is 0 Å². The van der Waals surface area contributed by atoms with Crippen LogP contribution in [0.4, 0.5) is 8.78 Å². The van der Waals surface area contributed by atoms with E-state index in [1.807, 2.05) is 18.2 Å². The summed E-state index contributed by atoms with van der Waals surface area (Å²) in [7, 11) is 1.27. The number of hydrogen-bond acceptors (Lipinski definition) is 6. The van der Waals surface area contributed by atoms with E-state index in [4.69, 9.17) is 4.74 Å². The SMILES string of the molecule is COC(=O)c1cc(C2CCc3ncccc32)cc(CNC(=O)c2cccn(Cc3ccc(F)c(F)c3)c2=O)n1. The van der Waals surface area contributed by atoms with Crippen LogP contribution < -0.4 is 10.9 Å². The third-order valence-corrected chi connectivity index (χ3v) is 6.70. The molecule has 0 saturated carbocycles. The molecule has 4 aromatic rings. The summed E-state index contributed by atoms with van der Waals surface area (Å²) in [6.07, 6.45) is 4.85. The van der Waals surface area contributed by atoms with E-state index >= 15 is 0 Å². The van der Waals surface area contributed by atoms with Gasteiger partial charge in [-0.2, -0.15) is 0 Å². The summed E-state index contributed by atoms with van der Waals surface area (Å²) in [5.74, 6) is -3.22. The molecule has 198 valence electrons. The van der Waals surface area contributed by atoms with Crippen molar-refractivity contribution in [1.29, 1.82) is 0 Å². The summed E-state index contributed by atoms with van der Waals surface area (Å²) in [5.41, 5.74) is 3.15. The molecule has 1 unspecified atom stereocenters. The fraction of sp³-hybridized carbons (Fsp3) is 0.207. The number of nitrogens with zero attached hydrogens (tertiary/aromatic N) is 3. The predicted molar refractivity (Wildman–Crippen MR) is 137 cm³/mol. The van der Waals surface area contributed by atoms with Gasteiger partial charge in [0.25, 0.3) is 11.5 Å². The van der Waals surface area contributed by atoms with E-state index in [1.54, 1.807) is 12.3 Å². The number of rotatable bonds is 7. The van der Waals surface area contributed by atoms with Crippen LogP contribution in [0.15, 0.2) is 71.8 Å². The first-order valence-electron chi connectivity index (χ1n) is 12.3. The Hall–Kier alpha value is -4.73. The molecule has 3 heterocycles. The van der Waals surface area contributed by atoms with Gasteiger partial charge in [0, 0.05) is 24.0 Å². The number of fused-ring (bicyclic) bond motifs is 1. The Balaban J connectivity index is 1.37. The zero-order chi connectivity index (χ0) is 27.5. The topological polar surface area (TPSA) is 103 Å². The molecule has 10 heteroatoms. The van der Waals surface area contributed by atoms with E-state index in [0.29, 0.717) is 11.3 Å². The Bertz CT molecular complexity index is 1640. The lowest BCUT2D eigenvalue weighted by Gasteiger charge is -2.15. The molecule has 1 atom stereocenters. The molecule has 0 fully saturated rings. The Morgan fingerprint density at radius 2 is 1.95 bits per heavy atom. The Morgan fingerprint density at radius 3 is 2.74 bits per heavy atom. The van der Waals surface area contributed by atoms with Crippen molar-refractivity contribution in [2.75, 3.05) is 7.11 Å². The number of aryl methyl sites for hydroxylation is 1. The first-order valence-corrected chi connectivity index (χ1v) is 12.3. The third-order valence-electron chi connectivity index (χ3n) is 6.70. The number of benzene rings is 1. The highest BCUT2D eigenvalue weighted by molar-refractivity contribution is 5.93. The molecular formula is C29H24F2N4O4. The Kier molecular flexibility index (Phi) is 7.27. The van der Waals surface area contributed by atoms with Crippen LogP contribution in [-0.2, 0) is 24.2 Å². The van der Waals surface area contributed by atoms with Gasteiger partial charge in [0.15, 0.2) is 11.6 Å². The van der Waals surface area contributed by atoms with Crippen LogP contribution in [0, 0.1) is 11.6 Å². The summed E-state index contributed by atoms with van der Waals surface area (Å²) in [4.78, 5) is 47.1. The van der Waals surface area contributed by atoms with Crippen molar-refractivity contribution < 1.29 is 23.1 Å². The van der Waals surface area contributed by atoms with Crippen molar-refractivity contribution in [2.45, 2.75) is 31.8 Å². The molecule has 5 rings (SSSR count). The van der Waals surface area contributed by atoms with Crippen LogP contribution in [0.5, 0.6) is 0 Å². The maximum atomic E-state index is 13.6. The van der Waals surface area contributed by atoms with Gasteiger partial charge in [-0.15, -0.1) is 0 Å². The van der Waals surface area contributed by atoms with E-state index in [1.165, 1.54) is 36.1 Å². The molecule has 0 saturated heterocycles. The van der Waals surface area contributed by atoms with Crippen LogP contribution in [0.2, 0.25) is 0 Å². The van der Waals surface area contributed by atoms with E-state index in [2.05, 4.69) is 15.3 Å². The summed E-state index contributed by atoms with van der Waals surface area (Å²) >= 11 is 0. The molecule has 3 aromatic heterocycles. The number of ether oxygens (including phenoxy) is 1. The highest BCUT2D eigenvalue weighted by atomic mass is 19.2. The zero-order valence-corrected chi connectivity index (χ0v) is 21.0. The quantitative estimate of drug-likeness (QED) is 0.365. The minimum absolute atomic E-state index is 0.0205. The van der Waals surface area contributed by atoms with Crippen molar-refractivity contribution in [1.82, 2.24) is 19.9 Å². The second-order valence-electron chi connectivity index (χ2n) is 9.19. The molecule has 1 aliphatic rings. The number of methoxy groups -OCH3 is 1. The summed E-state index contributed by atoms with van der Waals surface area (Å²) in [6, 6.07) is 13.7. The van der Waals surface area contributed by atoms with Gasteiger partial charge in [-0.05, 0) is 72.0 Å². The predicted octanol–water partition coefficient (Wildman–Crippen LogP) is 3.76. The van der Waals surface area contributed by atoms with Crippen LogP contribution in [0.1, 0.15) is 61.3 Å². The van der Waals surface area contributed by atoms with Gasteiger partial charge in [-0.25, -0.2) is 18.6 Å². The summed E-state index contributed by atoms with van der Waals surface area (Å²) < 4.78 is 33.0. The minimum atomic E-state index is -1.02. The number of carbonyl (C=O) groups excluding carboxylic acids is 2. The summed E-state index contributed by atoms with van der Waals surface area (Å²) in [6.45, 7) is -0.0816. The monoisotopic (exact) mass is 530 g/mol. The number of carbonyl (C=O) groups is 2. The molecule has 0 aliphatic heterocycles. The van der Waals surface area contributed by atoms with Gasteiger partial charge < -0.3 is 14.6 Å². The highest BCUT2D eigenvalue weighted by Crippen LogP contribution is 2.37. The van der Waals surface area contributed by atoms with Gasteiger partial charge in [0.1, 0.15) is 11.3 Å². The minimum Gasteiger partial charge on any atom is -0.464 e. The van der Waals surface area contributed by atoms with E-state index in [-0.39, 0.29) is 30.3 Å². The first kappa shape index (κ1) is 25.9. The fourth-order valence-electron chi connectivity index (χ4n) is 4.81. The number of pyridine rings is 3. The second kappa shape index (κ2) is 10.9.